The average molecular weight is 296 g/mol. The van der Waals surface area contributed by atoms with Crippen LogP contribution in [-0.4, -0.2) is 36.8 Å². The molecule has 108 valence electrons. The second-order valence-corrected chi connectivity index (χ2v) is 5.98. The van der Waals surface area contributed by atoms with Crippen LogP contribution in [0, 0.1) is 5.82 Å². The molecule has 1 aromatic carbocycles. The maximum Gasteiger partial charge on any atom is 0.161 e. The first-order valence-corrected chi connectivity index (χ1v) is 7.60. The van der Waals surface area contributed by atoms with Gasteiger partial charge in [-0.1, -0.05) is 11.8 Å². The Morgan fingerprint density at radius 1 is 1.40 bits per heavy atom. The topological polar surface area (TPSA) is 42.8 Å². The summed E-state index contributed by atoms with van der Waals surface area (Å²) in [5, 5.41) is 3.85. The Kier molecular flexibility index (Phi) is 3.85. The van der Waals surface area contributed by atoms with Crippen molar-refractivity contribution in [2.75, 3.05) is 31.4 Å². The monoisotopic (exact) mass is 296 g/mol. The number of hydrogen-bond acceptors (Lipinski definition) is 5. The molecule has 0 unspecified atom stereocenters. The Labute approximate surface area is 121 Å². The van der Waals surface area contributed by atoms with E-state index in [1.54, 1.807) is 31.0 Å². The summed E-state index contributed by atoms with van der Waals surface area (Å²) in [7, 11) is 1.57. The lowest BCUT2D eigenvalue weighted by Gasteiger charge is -2.29. The highest BCUT2D eigenvalue weighted by molar-refractivity contribution is 8.14. The van der Waals surface area contributed by atoms with Gasteiger partial charge < -0.3 is 14.8 Å². The van der Waals surface area contributed by atoms with Crippen LogP contribution in [-0.2, 0) is 4.74 Å². The minimum absolute atomic E-state index is 0.0272. The Morgan fingerprint density at radius 2 is 2.20 bits per heavy atom. The maximum absolute atomic E-state index is 13.8. The molecule has 1 fully saturated rings. The lowest BCUT2D eigenvalue weighted by molar-refractivity contribution is 0.0624. The summed E-state index contributed by atoms with van der Waals surface area (Å²) in [6.45, 7) is 1.51. The van der Waals surface area contributed by atoms with E-state index < -0.39 is 0 Å². The summed E-state index contributed by atoms with van der Waals surface area (Å²) in [6.07, 6.45) is 1.87. The first-order chi connectivity index (χ1) is 9.71. The molecular weight excluding hydrogens is 279 g/mol. The third-order valence-electron chi connectivity index (χ3n) is 3.65. The lowest BCUT2D eigenvalue weighted by atomic mass is 9.93. The molecule has 0 radical (unpaired) electrons. The smallest absolute Gasteiger partial charge is 0.161 e. The zero-order valence-electron chi connectivity index (χ0n) is 11.3. The van der Waals surface area contributed by atoms with Crippen molar-refractivity contribution in [1.29, 1.82) is 0 Å². The average Bonchev–Trinajstić information content (AvgIpc) is 2.84. The van der Waals surface area contributed by atoms with Crippen molar-refractivity contribution in [2.45, 2.75) is 18.4 Å². The van der Waals surface area contributed by atoms with E-state index in [2.05, 4.69) is 5.32 Å². The second kappa shape index (κ2) is 5.61. The Morgan fingerprint density at radius 3 is 2.95 bits per heavy atom. The first-order valence-electron chi connectivity index (χ1n) is 6.62. The SMILES string of the molecule is COc1ccc(F)c(NC2=NC3(CCOCC3)CS2)c1. The molecule has 2 heterocycles. The summed E-state index contributed by atoms with van der Waals surface area (Å²) < 4.78 is 24.3. The van der Waals surface area contributed by atoms with Gasteiger partial charge in [-0.25, -0.2) is 4.39 Å². The van der Waals surface area contributed by atoms with Crippen molar-refractivity contribution in [1.82, 2.24) is 0 Å². The molecule has 0 atom stereocenters. The minimum atomic E-state index is -0.304. The number of aliphatic imine (C=N–C) groups is 1. The van der Waals surface area contributed by atoms with Gasteiger partial charge in [0, 0.05) is 25.0 Å². The molecule has 2 aliphatic heterocycles. The van der Waals surface area contributed by atoms with Gasteiger partial charge >= 0.3 is 0 Å². The van der Waals surface area contributed by atoms with Crippen molar-refractivity contribution < 1.29 is 13.9 Å². The summed E-state index contributed by atoms with van der Waals surface area (Å²) in [4.78, 5) is 4.75. The Balaban J connectivity index is 1.76. The van der Waals surface area contributed by atoms with Crippen molar-refractivity contribution >= 4 is 22.6 Å². The summed E-state index contributed by atoms with van der Waals surface area (Å²) in [5.74, 6) is 1.25. The molecule has 1 spiro atoms. The highest BCUT2D eigenvalue weighted by Gasteiger charge is 2.37. The molecule has 0 aliphatic carbocycles. The molecule has 0 aromatic heterocycles. The van der Waals surface area contributed by atoms with Gasteiger partial charge in [0.25, 0.3) is 0 Å². The number of anilines is 1. The van der Waals surface area contributed by atoms with Crippen molar-refractivity contribution in [3.63, 3.8) is 0 Å². The number of ether oxygens (including phenoxy) is 2. The Hall–Kier alpha value is -1.27. The molecule has 20 heavy (non-hydrogen) atoms. The van der Waals surface area contributed by atoms with Gasteiger partial charge in [0.15, 0.2) is 5.17 Å². The lowest BCUT2D eigenvalue weighted by Crippen LogP contribution is -2.34. The summed E-state index contributed by atoms with van der Waals surface area (Å²) in [6, 6.07) is 4.64. The van der Waals surface area contributed by atoms with Crippen molar-refractivity contribution in [2.24, 2.45) is 4.99 Å². The number of benzene rings is 1. The zero-order chi connectivity index (χ0) is 14.0. The number of nitrogens with one attached hydrogen (secondary N) is 1. The van der Waals surface area contributed by atoms with Crippen LogP contribution in [0.2, 0.25) is 0 Å². The zero-order valence-corrected chi connectivity index (χ0v) is 12.1. The van der Waals surface area contributed by atoms with Gasteiger partial charge in [-0.05, 0) is 25.0 Å². The fraction of sp³-hybridized carbons (Fsp3) is 0.500. The van der Waals surface area contributed by atoms with E-state index in [0.717, 1.165) is 37.0 Å². The van der Waals surface area contributed by atoms with Crippen LogP contribution >= 0.6 is 11.8 Å². The number of amidine groups is 1. The number of methoxy groups -OCH3 is 1. The molecule has 0 bridgehead atoms. The predicted molar refractivity (Wildman–Crippen MR) is 79.3 cm³/mol. The molecule has 1 aromatic rings. The van der Waals surface area contributed by atoms with Crippen LogP contribution in [0.1, 0.15) is 12.8 Å². The second-order valence-electron chi connectivity index (χ2n) is 5.01. The first kappa shape index (κ1) is 13.7. The van der Waals surface area contributed by atoms with Gasteiger partial charge in [0.05, 0.1) is 18.3 Å². The summed E-state index contributed by atoms with van der Waals surface area (Å²) in [5.41, 5.74) is 0.375. The van der Waals surface area contributed by atoms with E-state index in [1.165, 1.54) is 6.07 Å². The number of hydrogen-bond donors (Lipinski definition) is 1. The van der Waals surface area contributed by atoms with Crippen LogP contribution < -0.4 is 10.1 Å². The quantitative estimate of drug-likeness (QED) is 0.911. The van der Waals surface area contributed by atoms with E-state index in [-0.39, 0.29) is 11.4 Å². The Bertz CT molecular complexity index is 530. The van der Waals surface area contributed by atoms with E-state index >= 15 is 0 Å². The van der Waals surface area contributed by atoms with Gasteiger partial charge in [0.1, 0.15) is 11.6 Å². The van der Waals surface area contributed by atoms with E-state index in [0.29, 0.717) is 11.4 Å². The van der Waals surface area contributed by atoms with Gasteiger partial charge in [0.2, 0.25) is 0 Å². The highest BCUT2D eigenvalue weighted by Crippen LogP contribution is 2.36. The molecule has 1 N–H and O–H groups in total. The van der Waals surface area contributed by atoms with Crippen LogP contribution in [0.25, 0.3) is 0 Å². The van der Waals surface area contributed by atoms with E-state index in [1.807, 2.05) is 0 Å². The molecule has 0 saturated carbocycles. The van der Waals surface area contributed by atoms with E-state index in [4.69, 9.17) is 14.5 Å². The minimum Gasteiger partial charge on any atom is -0.497 e. The number of nitrogens with zero attached hydrogens (tertiary/aromatic N) is 1. The van der Waals surface area contributed by atoms with Crippen molar-refractivity contribution in [3.8, 4) is 5.75 Å². The van der Waals surface area contributed by atoms with Crippen LogP contribution in [0.4, 0.5) is 10.1 Å². The number of rotatable bonds is 2. The molecular formula is C14H17FN2O2S. The molecule has 2 aliphatic rings. The standard InChI is InChI=1S/C14H17FN2O2S/c1-18-10-2-3-11(15)12(8-10)16-13-17-14(9-20-13)4-6-19-7-5-14/h2-3,8H,4-7,9H2,1H3,(H,16,17). The third-order valence-corrected chi connectivity index (χ3v) is 4.80. The highest BCUT2D eigenvalue weighted by atomic mass is 32.2. The molecule has 6 heteroatoms. The number of thioether (sulfide) groups is 1. The predicted octanol–water partition coefficient (Wildman–Crippen LogP) is 2.90. The van der Waals surface area contributed by atoms with Gasteiger partial charge in [-0.15, -0.1) is 0 Å². The van der Waals surface area contributed by atoms with Gasteiger partial charge in [-0.2, -0.15) is 0 Å². The molecule has 1 saturated heterocycles. The van der Waals surface area contributed by atoms with Gasteiger partial charge in [-0.3, -0.25) is 4.99 Å². The summed E-state index contributed by atoms with van der Waals surface area (Å²) >= 11 is 1.64. The van der Waals surface area contributed by atoms with E-state index in [9.17, 15) is 4.39 Å². The molecule has 4 nitrogen and oxygen atoms in total. The third kappa shape index (κ3) is 2.76. The van der Waals surface area contributed by atoms with Crippen LogP contribution in [0.3, 0.4) is 0 Å². The molecule has 0 amide bonds. The van der Waals surface area contributed by atoms with Crippen LogP contribution in [0.5, 0.6) is 5.75 Å². The maximum atomic E-state index is 13.8. The number of halogens is 1. The van der Waals surface area contributed by atoms with Crippen molar-refractivity contribution in [3.05, 3.63) is 24.0 Å². The van der Waals surface area contributed by atoms with Crippen LogP contribution in [0.15, 0.2) is 23.2 Å². The normalized spacial score (nSPS) is 20.8. The largest absolute Gasteiger partial charge is 0.497 e. The molecule has 3 rings (SSSR count). The fourth-order valence-electron chi connectivity index (χ4n) is 2.40. The fourth-order valence-corrected chi connectivity index (χ4v) is 3.60.